The van der Waals surface area contributed by atoms with Crippen LogP contribution in [0.1, 0.15) is 41.2 Å². The van der Waals surface area contributed by atoms with Crippen LogP contribution in [0.15, 0.2) is 6.07 Å². The second kappa shape index (κ2) is 7.03. The summed E-state index contributed by atoms with van der Waals surface area (Å²) in [5, 5.41) is 3.02. The molecule has 0 spiro atoms. The Kier molecular flexibility index (Phi) is 5.04. The lowest BCUT2D eigenvalue weighted by molar-refractivity contribution is 0.0343. The molecule has 0 radical (unpaired) electrons. The third-order valence-corrected chi connectivity index (χ3v) is 5.59. The fourth-order valence-electron chi connectivity index (χ4n) is 2.84. The topological polar surface area (TPSA) is 57.4 Å². The number of aryl methyl sites for hydroxylation is 1. The van der Waals surface area contributed by atoms with Crippen LogP contribution in [0.25, 0.3) is 10.2 Å². The Morgan fingerprint density at radius 1 is 1.48 bits per heavy atom. The zero-order chi connectivity index (χ0) is 16.4. The summed E-state index contributed by atoms with van der Waals surface area (Å²) >= 11 is 1.76. The molecule has 2 aromatic rings. The molecule has 3 heterocycles. The van der Waals surface area contributed by atoms with Crippen molar-refractivity contribution in [2.45, 2.75) is 39.8 Å². The van der Waals surface area contributed by atoms with Gasteiger partial charge in [0.25, 0.3) is 5.91 Å². The minimum atomic E-state index is -0.0160. The molecule has 1 saturated heterocycles. The van der Waals surface area contributed by atoms with Crippen molar-refractivity contribution in [3.8, 4) is 0 Å². The first-order valence-corrected chi connectivity index (χ1v) is 9.12. The summed E-state index contributed by atoms with van der Waals surface area (Å²) in [7, 11) is 0. The number of amides is 1. The summed E-state index contributed by atoms with van der Waals surface area (Å²) in [6.45, 7) is 10.7. The van der Waals surface area contributed by atoms with Gasteiger partial charge >= 0.3 is 0 Å². The molecular weight excluding hydrogens is 310 g/mol. The van der Waals surface area contributed by atoms with Gasteiger partial charge in [0.15, 0.2) is 0 Å². The van der Waals surface area contributed by atoms with Crippen LogP contribution in [0.4, 0.5) is 0 Å². The highest BCUT2D eigenvalue weighted by Crippen LogP contribution is 2.32. The Bertz CT molecular complexity index is 685. The zero-order valence-corrected chi connectivity index (χ0v) is 14.9. The lowest BCUT2D eigenvalue weighted by Crippen LogP contribution is -2.35. The molecule has 1 aliphatic heterocycles. The van der Waals surface area contributed by atoms with Gasteiger partial charge in [0.05, 0.1) is 23.4 Å². The largest absolute Gasteiger partial charge is 0.379 e. The van der Waals surface area contributed by atoms with Crippen LogP contribution in [0.2, 0.25) is 0 Å². The van der Waals surface area contributed by atoms with Gasteiger partial charge in [0, 0.05) is 36.1 Å². The van der Waals surface area contributed by atoms with Gasteiger partial charge < -0.3 is 15.0 Å². The first-order valence-electron chi connectivity index (χ1n) is 8.30. The Labute approximate surface area is 141 Å². The van der Waals surface area contributed by atoms with E-state index in [0.717, 1.165) is 44.8 Å². The van der Waals surface area contributed by atoms with E-state index in [2.05, 4.69) is 29.0 Å². The Balaban J connectivity index is 1.81. The zero-order valence-electron chi connectivity index (χ0n) is 14.1. The Morgan fingerprint density at radius 2 is 2.22 bits per heavy atom. The number of aromatic nitrogens is 1. The van der Waals surface area contributed by atoms with Crippen LogP contribution in [-0.4, -0.2) is 48.1 Å². The maximum atomic E-state index is 12.3. The van der Waals surface area contributed by atoms with E-state index in [9.17, 15) is 4.79 Å². The molecule has 0 bridgehead atoms. The summed E-state index contributed by atoms with van der Waals surface area (Å²) in [5.41, 5.74) is 3.09. The summed E-state index contributed by atoms with van der Waals surface area (Å²) in [6.07, 6.45) is 0.933. The van der Waals surface area contributed by atoms with Crippen molar-refractivity contribution >= 4 is 27.5 Å². The van der Waals surface area contributed by atoms with Gasteiger partial charge in [-0.2, -0.15) is 0 Å². The van der Waals surface area contributed by atoms with Crippen molar-refractivity contribution in [2.75, 3.05) is 26.3 Å². The Morgan fingerprint density at radius 3 is 2.91 bits per heavy atom. The molecule has 1 atom stereocenters. The maximum absolute atomic E-state index is 12.3. The summed E-state index contributed by atoms with van der Waals surface area (Å²) in [5.74, 6) is -0.0160. The van der Waals surface area contributed by atoms with E-state index in [1.165, 1.54) is 15.1 Å². The average Bonchev–Trinajstić information content (AvgIpc) is 3.07. The van der Waals surface area contributed by atoms with Crippen LogP contribution < -0.4 is 5.32 Å². The van der Waals surface area contributed by atoms with Crippen molar-refractivity contribution in [3.63, 3.8) is 0 Å². The maximum Gasteiger partial charge on any atom is 0.267 e. The lowest BCUT2D eigenvalue weighted by atomic mass is 10.2. The number of aromatic amines is 1. The number of morpholine rings is 1. The molecule has 2 aromatic heterocycles. The molecule has 126 valence electrons. The number of nitrogens with zero attached hydrogens (tertiary/aromatic N) is 1. The van der Waals surface area contributed by atoms with Gasteiger partial charge in [-0.3, -0.25) is 9.69 Å². The van der Waals surface area contributed by atoms with Gasteiger partial charge in [-0.25, -0.2) is 0 Å². The first kappa shape index (κ1) is 16.5. The van der Waals surface area contributed by atoms with Crippen molar-refractivity contribution in [3.05, 3.63) is 22.2 Å². The third-order valence-electron chi connectivity index (χ3n) is 4.49. The number of carbonyl (C=O) groups excluding carboxylic acids is 1. The van der Waals surface area contributed by atoms with E-state index < -0.39 is 0 Å². The van der Waals surface area contributed by atoms with E-state index in [0.29, 0.717) is 5.69 Å². The van der Waals surface area contributed by atoms with Crippen molar-refractivity contribution in [2.24, 2.45) is 0 Å². The second-order valence-electron chi connectivity index (χ2n) is 6.23. The molecule has 1 amide bonds. The van der Waals surface area contributed by atoms with Gasteiger partial charge in [-0.05, 0) is 26.3 Å². The van der Waals surface area contributed by atoms with E-state index in [4.69, 9.17) is 4.74 Å². The van der Waals surface area contributed by atoms with Crippen LogP contribution in [0.3, 0.4) is 0 Å². The van der Waals surface area contributed by atoms with Crippen molar-refractivity contribution in [1.29, 1.82) is 0 Å². The molecule has 1 aliphatic rings. The molecule has 0 aliphatic carbocycles. The van der Waals surface area contributed by atoms with E-state index >= 15 is 0 Å². The normalized spacial score (nSPS) is 17.5. The number of rotatable bonds is 5. The fraction of sp³-hybridized carbons (Fsp3) is 0.588. The van der Waals surface area contributed by atoms with E-state index in [1.54, 1.807) is 11.3 Å². The first-order chi connectivity index (χ1) is 11.1. The number of hydrogen-bond donors (Lipinski definition) is 2. The van der Waals surface area contributed by atoms with Gasteiger partial charge in [-0.15, -0.1) is 11.3 Å². The van der Waals surface area contributed by atoms with Crippen LogP contribution in [0, 0.1) is 6.92 Å². The van der Waals surface area contributed by atoms with Crippen molar-refractivity contribution < 1.29 is 9.53 Å². The summed E-state index contributed by atoms with van der Waals surface area (Å²) in [6, 6.07) is 2.17. The molecule has 0 aromatic carbocycles. The fourth-order valence-corrected chi connectivity index (χ4v) is 3.91. The molecule has 23 heavy (non-hydrogen) atoms. The smallest absolute Gasteiger partial charge is 0.267 e. The number of thiophene rings is 1. The minimum Gasteiger partial charge on any atom is -0.379 e. The highest BCUT2D eigenvalue weighted by molar-refractivity contribution is 7.19. The number of hydrogen-bond acceptors (Lipinski definition) is 4. The van der Waals surface area contributed by atoms with E-state index in [1.807, 2.05) is 13.0 Å². The number of ether oxygens (including phenoxy) is 1. The SMILES string of the molecule is CC[C@@H](C)NC(=O)c1cc2sc(C)c(CN3CCOCC3)c2[nH]1. The molecule has 5 nitrogen and oxygen atoms in total. The van der Waals surface area contributed by atoms with Crippen molar-refractivity contribution in [1.82, 2.24) is 15.2 Å². The predicted molar refractivity (Wildman–Crippen MR) is 94.2 cm³/mol. The predicted octanol–water partition coefficient (Wildman–Crippen LogP) is 2.90. The quantitative estimate of drug-likeness (QED) is 0.883. The standard InChI is InChI=1S/C17H25N3O2S/c1-4-11(2)18-17(21)14-9-15-16(19-14)13(12(3)23-15)10-20-5-7-22-8-6-20/h9,11,19H,4-8,10H2,1-3H3,(H,18,21)/t11-/m1/s1. The highest BCUT2D eigenvalue weighted by atomic mass is 32.1. The highest BCUT2D eigenvalue weighted by Gasteiger charge is 2.19. The van der Waals surface area contributed by atoms with Gasteiger partial charge in [0.1, 0.15) is 5.69 Å². The lowest BCUT2D eigenvalue weighted by Gasteiger charge is -2.26. The molecule has 1 fully saturated rings. The van der Waals surface area contributed by atoms with Crippen LogP contribution in [-0.2, 0) is 11.3 Å². The third kappa shape index (κ3) is 3.59. The monoisotopic (exact) mass is 335 g/mol. The average molecular weight is 335 g/mol. The number of carbonyl (C=O) groups is 1. The summed E-state index contributed by atoms with van der Waals surface area (Å²) < 4.78 is 6.59. The Hall–Kier alpha value is -1.37. The number of H-pyrrole nitrogens is 1. The minimum absolute atomic E-state index is 0.0160. The summed E-state index contributed by atoms with van der Waals surface area (Å²) in [4.78, 5) is 19.4. The molecule has 6 heteroatoms. The van der Waals surface area contributed by atoms with Crippen LogP contribution in [0.5, 0.6) is 0 Å². The number of nitrogens with one attached hydrogen (secondary N) is 2. The van der Waals surface area contributed by atoms with Crippen LogP contribution >= 0.6 is 11.3 Å². The molecule has 2 N–H and O–H groups in total. The number of fused-ring (bicyclic) bond motifs is 1. The molecule has 0 unspecified atom stereocenters. The van der Waals surface area contributed by atoms with E-state index in [-0.39, 0.29) is 11.9 Å². The van der Waals surface area contributed by atoms with Gasteiger partial charge in [0.2, 0.25) is 0 Å². The van der Waals surface area contributed by atoms with Gasteiger partial charge in [-0.1, -0.05) is 6.92 Å². The molecule has 0 saturated carbocycles. The second-order valence-corrected chi connectivity index (χ2v) is 7.49. The molecular formula is C17H25N3O2S. The molecule has 3 rings (SSSR count).